The lowest BCUT2D eigenvalue weighted by Gasteiger charge is -2.30. The van der Waals surface area contributed by atoms with Gasteiger partial charge in [-0.1, -0.05) is 42.5 Å². The highest BCUT2D eigenvalue weighted by Gasteiger charge is 2.29. The molecule has 0 saturated carbocycles. The van der Waals surface area contributed by atoms with Gasteiger partial charge in [0.1, 0.15) is 11.6 Å². The quantitative estimate of drug-likeness (QED) is 0.327. The van der Waals surface area contributed by atoms with Crippen molar-refractivity contribution in [3.63, 3.8) is 0 Å². The first-order chi connectivity index (χ1) is 18.6. The van der Waals surface area contributed by atoms with Crippen LogP contribution in [0.4, 0.5) is 20.5 Å². The summed E-state index contributed by atoms with van der Waals surface area (Å²) in [4.78, 5) is 20.7. The van der Waals surface area contributed by atoms with Crippen molar-refractivity contribution in [2.75, 3.05) is 56.2 Å². The summed E-state index contributed by atoms with van der Waals surface area (Å²) in [6, 6.07) is 19.6. The zero-order valence-electron chi connectivity index (χ0n) is 21.8. The summed E-state index contributed by atoms with van der Waals surface area (Å²) >= 11 is 0. The molecule has 0 spiro atoms. The largest absolute Gasteiger partial charge is 0.378 e. The number of likely N-dealkylation sites (N-methyl/N-ethyl adjacent to an activating group) is 1. The molecular weight excluding hydrogens is 524 g/mol. The van der Waals surface area contributed by atoms with Gasteiger partial charge in [-0.3, -0.25) is 9.47 Å². The molecule has 2 aliphatic rings. The Bertz CT molecular complexity index is 1400. The Morgan fingerprint density at radius 3 is 2.44 bits per heavy atom. The van der Waals surface area contributed by atoms with E-state index in [1.54, 1.807) is 24.3 Å². The maximum atomic E-state index is 14.2. The number of likely N-dealkylation sites (tertiary alicyclic amines) is 1. The van der Waals surface area contributed by atoms with E-state index >= 15 is 0 Å². The lowest BCUT2D eigenvalue weighted by atomic mass is 10.2. The minimum absolute atomic E-state index is 0. The van der Waals surface area contributed by atoms with Crippen molar-refractivity contribution < 1.29 is 13.5 Å². The predicted octanol–water partition coefficient (Wildman–Crippen LogP) is 4.72. The van der Waals surface area contributed by atoms with Crippen LogP contribution >= 0.6 is 12.4 Å². The number of hydrogen-bond donors (Lipinski definition) is 0. The zero-order chi connectivity index (χ0) is 26.1. The second-order valence-corrected chi connectivity index (χ2v) is 9.85. The smallest absolute Gasteiger partial charge is 0.296 e. The minimum Gasteiger partial charge on any atom is -0.378 e. The van der Waals surface area contributed by atoms with Gasteiger partial charge in [0, 0.05) is 51.9 Å². The van der Waals surface area contributed by atoms with Gasteiger partial charge in [-0.15, -0.1) is 12.4 Å². The molecule has 2 fully saturated rings. The molecule has 4 aromatic rings. The second kappa shape index (κ2) is 11.8. The normalized spacial score (nSPS) is 18.1. The third-order valence-electron chi connectivity index (χ3n) is 7.39. The van der Waals surface area contributed by atoms with Crippen molar-refractivity contribution in [2.24, 2.45) is 0 Å². The van der Waals surface area contributed by atoms with Crippen LogP contribution in [0.25, 0.3) is 16.9 Å². The van der Waals surface area contributed by atoms with Crippen molar-refractivity contribution in [3.8, 4) is 5.82 Å². The average molecular weight is 556 g/mol. The number of halogens is 3. The molecule has 1 atom stereocenters. The number of benzene rings is 2. The van der Waals surface area contributed by atoms with Crippen LogP contribution in [0, 0.1) is 0 Å². The standard InChI is InChI=1S/C28H31F2N7O.ClH/c1-34(21-11-12-35(19-21)18-20-7-3-2-4-8-20)28-32-24(36-13-15-38-16-14-36)17-25(33-28)37-23-10-6-5-9-22(23)31-27(37)26(29)30;/h2-10,17,21,26H,11-16,18-19H2,1H3;1H. The summed E-state index contributed by atoms with van der Waals surface area (Å²) in [6.45, 7) is 5.30. The van der Waals surface area contributed by atoms with E-state index < -0.39 is 6.43 Å². The van der Waals surface area contributed by atoms with Crippen LogP contribution in [0.3, 0.4) is 0 Å². The van der Waals surface area contributed by atoms with Crippen LogP contribution in [-0.4, -0.2) is 76.9 Å². The van der Waals surface area contributed by atoms with Gasteiger partial charge >= 0.3 is 0 Å². The predicted molar refractivity (Wildman–Crippen MR) is 150 cm³/mol. The molecular formula is C28H32ClF2N7O. The fraction of sp³-hybridized carbons (Fsp3) is 0.393. The van der Waals surface area contributed by atoms with Crippen LogP contribution in [0.15, 0.2) is 60.7 Å². The average Bonchev–Trinajstić information content (AvgIpc) is 3.58. The first-order valence-corrected chi connectivity index (χ1v) is 13.0. The zero-order valence-corrected chi connectivity index (χ0v) is 22.6. The number of rotatable bonds is 7. The Morgan fingerprint density at radius 2 is 1.67 bits per heavy atom. The van der Waals surface area contributed by atoms with Crippen molar-refractivity contribution in [3.05, 3.63) is 72.1 Å². The van der Waals surface area contributed by atoms with Crippen molar-refractivity contribution >= 4 is 35.2 Å². The van der Waals surface area contributed by atoms with E-state index in [1.807, 2.05) is 19.2 Å². The molecule has 11 heteroatoms. The molecule has 0 aliphatic carbocycles. The number of alkyl halides is 2. The Kier molecular flexibility index (Phi) is 8.25. The van der Waals surface area contributed by atoms with Crippen LogP contribution in [0.2, 0.25) is 0 Å². The maximum Gasteiger partial charge on any atom is 0.296 e. The van der Waals surface area contributed by atoms with Crippen LogP contribution in [0.5, 0.6) is 0 Å². The molecule has 2 aromatic heterocycles. The van der Waals surface area contributed by atoms with E-state index in [4.69, 9.17) is 14.7 Å². The fourth-order valence-corrected chi connectivity index (χ4v) is 5.35. The molecule has 2 aromatic carbocycles. The number of nitrogens with zero attached hydrogens (tertiary/aromatic N) is 7. The summed E-state index contributed by atoms with van der Waals surface area (Å²) in [6.07, 6.45) is -1.77. The highest BCUT2D eigenvalue weighted by molar-refractivity contribution is 5.85. The number of fused-ring (bicyclic) bond motifs is 1. The van der Waals surface area contributed by atoms with E-state index in [-0.39, 0.29) is 24.3 Å². The Balaban J connectivity index is 0.00000308. The van der Waals surface area contributed by atoms with E-state index in [0.717, 1.165) is 26.1 Å². The number of aromatic nitrogens is 4. The molecule has 0 N–H and O–H groups in total. The number of para-hydroxylation sites is 2. The molecule has 0 radical (unpaired) electrons. The van der Waals surface area contributed by atoms with Gasteiger partial charge in [-0.2, -0.15) is 9.97 Å². The topological polar surface area (TPSA) is 62.6 Å². The summed E-state index contributed by atoms with van der Waals surface area (Å²) in [5.74, 6) is 1.30. The van der Waals surface area contributed by atoms with Gasteiger partial charge in [-0.05, 0) is 24.1 Å². The lowest BCUT2D eigenvalue weighted by molar-refractivity contribution is 0.122. The highest BCUT2D eigenvalue weighted by atomic mass is 35.5. The highest BCUT2D eigenvalue weighted by Crippen LogP contribution is 2.30. The van der Waals surface area contributed by atoms with E-state index in [9.17, 15) is 8.78 Å². The van der Waals surface area contributed by atoms with Crippen LogP contribution in [0.1, 0.15) is 24.2 Å². The number of anilines is 2. The van der Waals surface area contributed by atoms with Gasteiger partial charge in [0.05, 0.1) is 24.2 Å². The monoisotopic (exact) mass is 555 g/mol. The molecule has 0 amide bonds. The van der Waals surface area contributed by atoms with Gasteiger partial charge in [0.2, 0.25) is 5.95 Å². The Labute approximate surface area is 232 Å². The van der Waals surface area contributed by atoms with E-state index in [1.165, 1.54) is 10.1 Å². The fourth-order valence-electron chi connectivity index (χ4n) is 5.35. The third kappa shape index (κ3) is 5.68. The van der Waals surface area contributed by atoms with Crippen molar-refractivity contribution in [2.45, 2.75) is 25.4 Å². The Morgan fingerprint density at radius 1 is 0.949 bits per heavy atom. The minimum atomic E-state index is -2.74. The first kappa shape index (κ1) is 27.2. The summed E-state index contributed by atoms with van der Waals surface area (Å²) < 4.78 is 35.3. The molecule has 8 nitrogen and oxygen atoms in total. The summed E-state index contributed by atoms with van der Waals surface area (Å²) in [5.41, 5.74) is 2.39. The van der Waals surface area contributed by atoms with Gasteiger partial charge in [0.25, 0.3) is 6.43 Å². The van der Waals surface area contributed by atoms with Gasteiger partial charge in [-0.25, -0.2) is 13.8 Å². The van der Waals surface area contributed by atoms with Crippen LogP contribution < -0.4 is 9.80 Å². The van der Waals surface area contributed by atoms with E-state index in [0.29, 0.717) is 54.9 Å². The van der Waals surface area contributed by atoms with Gasteiger partial charge in [0.15, 0.2) is 5.82 Å². The third-order valence-corrected chi connectivity index (χ3v) is 7.39. The molecule has 2 aliphatic heterocycles. The first-order valence-electron chi connectivity index (χ1n) is 13.0. The van der Waals surface area contributed by atoms with Crippen molar-refractivity contribution in [1.29, 1.82) is 0 Å². The molecule has 0 bridgehead atoms. The number of ether oxygens (including phenoxy) is 1. The summed E-state index contributed by atoms with van der Waals surface area (Å²) in [5, 5.41) is 0. The number of morpholine rings is 1. The number of hydrogen-bond acceptors (Lipinski definition) is 7. The molecule has 206 valence electrons. The second-order valence-electron chi connectivity index (χ2n) is 9.85. The SMILES string of the molecule is CN(c1nc(N2CCOCC2)cc(-n2c(C(F)F)nc3ccccc32)n1)C1CCN(Cc2ccccc2)C1.Cl. The van der Waals surface area contributed by atoms with Crippen LogP contribution in [-0.2, 0) is 11.3 Å². The van der Waals surface area contributed by atoms with E-state index in [2.05, 4.69) is 43.9 Å². The Hall–Kier alpha value is -3.34. The molecule has 6 rings (SSSR count). The molecule has 2 saturated heterocycles. The molecule has 39 heavy (non-hydrogen) atoms. The molecule has 1 unspecified atom stereocenters. The lowest BCUT2D eigenvalue weighted by Crippen LogP contribution is -2.38. The number of imidazole rings is 1. The van der Waals surface area contributed by atoms with Crippen molar-refractivity contribution in [1.82, 2.24) is 24.4 Å². The maximum absolute atomic E-state index is 14.2. The molecule has 4 heterocycles. The summed E-state index contributed by atoms with van der Waals surface area (Å²) in [7, 11) is 2.00. The van der Waals surface area contributed by atoms with Gasteiger partial charge < -0.3 is 14.5 Å².